The van der Waals surface area contributed by atoms with Crippen LogP contribution in [-0.2, 0) is 16.1 Å². The van der Waals surface area contributed by atoms with Crippen LogP contribution in [-0.4, -0.2) is 24.6 Å². The number of aryl methyl sites for hydroxylation is 1. The summed E-state index contributed by atoms with van der Waals surface area (Å²) in [4.78, 5) is 16.0. The summed E-state index contributed by atoms with van der Waals surface area (Å²) in [7, 11) is 1.38. The molecule has 0 fully saturated rings. The Hall–Kier alpha value is -0.940. The molecular formula is C8H12N2O2S. The molecule has 13 heavy (non-hydrogen) atoms. The van der Waals surface area contributed by atoms with Gasteiger partial charge in [0.1, 0.15) is 0 Å². The van der Waals surface area contributed by atoms with Crippen LogP contribution in [0.2, 0.25) is 0 Å². The van der Waals surface area contributed by atoms with Crippen LogP contribution in [0.15, 0.2) is 5.51 Å². The van der Waals surface area contributed by atoms with Gasteiger partial charge in [0.05, 0.1) is 24.9 Å². The van der Waals surface area contributed by atoms with Crippen molar-refractivity contribution < 1.29 is 9.53 Å². The van der Waals surface area contributed by atoms with E-state index in [0.717, 1.165) is 10.6 Å². The molecule has 1 aromatic heterocycles. The van der Waals surface area contributed by atoms with Crippen LogP contribution in [0.4, 0.5) is 0 Å². The van der Waals surface area contributed by atoms with Gasteiger partial charge < -0.3 is 10.1 Å². The molecule has 0 atom stereocenters. The Kier molecular flexibility index (Phi) is 3.85. The third kappa shape index (κ3) is 3.12. The second-order valence-corrected chi connectivity index (χ2v) is 3.48. The van der Waals surface area contributed by atoms with E-state index >= 15 is 0 Å². The monoisotopic (exact) mass is 200 g/mol. The zero-order valence-corrected chi connectivity index (χ0v) is 8.48. The molecule has 1 aromatic rings. The van der Waals surface area contributed by atoms with E-state index in [-0.39, 0.29) is 12.5 Å². The minimum Gasteiger partial charge on any atom is -0.468 e. The lowest BCUT2D eigenvalue weighted by molar-refractivity contribution is -0.139. The highest BCUT2D eigenvalue weighted by Gasteiger charge is 2.02. The highest BCUT2D eigenvalue weighted by Crippen LogP contribution is 2.10. The van der Waals surface area contributed by atoms with Crippen LogP contribution in [0.5, 0.6) is 0 Å². The Morgan fingerprint density at radius 2 is 2.54 bits per heavy atom. The number of hydrogen-bond acceptors (Lipinski definition) is 5. The van der Waals surface area contributed by atoms with Gasteiger partial charge in [-0.05, 0) is 6.92 Å². The molecule has 0 aliphatic rings. The largest absolute Gasteiger partial charge is 0.468 e. The summed E-state index contributed by atoms with van der Waals surface area (Å²) in [6, 6.07) is 0. The fraction of sp³-hybridized carbons (Fsp3) is 0.500. The van der Waals surface area contributed by atoms with Gasteiger partial charge in [0.25, 0.3) is 0 Å². The van der Waals surface area contributed by atoms with Crippen LogP contribution in [0.25, 0.3) is 0 Å². The lowest BCUT2D eigenvalue weighted by Gasteiger charge is -2.01. The minimum atomic E-state index is -0.248. The predicted molar refractivity (Wildman–Crippen MR) is 50.6 cm³/mol. The van der Waals surface area contributed by atoms with Crippen molar-refractivity contribution in [3.8, 4) is 0 Å². The summed E-state index contributed by atoms with van der Waals surface area (Å²) in [5, 5.41) is 2.98. The topological polar surface area (TPSA) is 51.2 Å². The standard InChI is InChI=1S/C8H12N2O2S/c1-6-7(13-5-10-6)3-9-4-8(11)12-2/h5,9H,3-4H2,1-2H3. The molecule has 0 radical (unpaired) electrons. The summed E-state index contributed by atoms with van der Waals surface area (Å²) in [5.41, 5.74) is 2.81. The Balaban J connectivity index is 2.28. The maximum atomic E-state index is 10.7. The number of nitrogens with one attached hydrogen (secondary N) is 1. The van der Waals surface area contributed by atoms with Gasteiger partial charge in [0.15, 0.2) is 0 Å². The maximum absolute atomic E-state index is 10.7. The number of methoxy groups -OCH3 is 1. The second-order valence-electron chi connectivity index (χ2n) is 2.54. The Morgan fingerprint density at radius 1 is 1.77 bits per heavy atom. The molecule has 1 rings (SSSR count). The molecule has 1 heterocycles. The minimum absolute atomic E-state index is 0.244. The van der Waals surface area contributed by atoms with Crippen molar-refractivity contribution in [3.05, 3.63) is 16.1 Å². The fourth-order valence-electron chi connectivity index (χ4n) is 0.846. The summed E-state index contributed by atoms with van der Waals surface area (Å²) in [6.45, 7) is 2.87. The summed E-state index contributed by atoms with van der Waals surface area (Å²) in [6.07, 6.45) is 0. The molecule has 4 nitrogen and oxygen atoms in total. The van der Waals surface area contributed by atoms with Crippen LogP contribution in [0.3, 0.4) is 0 Å². The Labute approximate surface area is 80.9 Å². The number of hydrogen-bond donors (Lipinski definition) is 1. The van der Waals surface area contributed by atoms with Crippen molar-refractivity contribution in [2.75, 3.05) is 13.7 Å². The average Bonchev–Trinajstić information content (AvgIpc) is 2.52. The normalized spacial score (nSPS) is 10.0. The van der Waals surface area contributed by atoms with E-state index in [0.29, 0.717) is 6.54 Å². The van der Waals surface area contributed by atoms with E-state index in [2.05, 4.69) is 15.0 Å². The number of nitrogens with zero attached hydrogens (tertiary/aromatic N) is 1. The molecule has 0 bridgehead atoms. The summed E-state index contributed by atoms with van der Waals surface area (Å²) in [5.74, 6) is -0.248. The van der Waals surface area contributed by atoms with Crippen molar-refractivity contribution in [1.82, 2.24) is 10.3 Å². The maximum Gasteiger partial charge on any atom is 0.319 e. The molecule has 5 heteroatoms. The zero-order chi connectivity index (χ0) is 9.68. The lowest BCUT2D eigenvalue weighted by Crippen LogP contribution is -2.23. The van der Waals surface area contributed by atoms with Crippen LogP contribution >= 0.6 is 11.3 Å². The Morgan fingerprint density at radius 3 is 3.08 bits per heavy atom. The molecule has 72 valence electrons. The third-order valence-corrected chi connectivity index (χ3v) is 2.56. The van der Waals surface area contributed by atoms with E-state index in [1.54, 1.807) is 16.8 Å². The quantitative estimate of drug-likeness (QED) is 0.727. The summed E-state index contributed by atoms with van der Waals surface area (Å²) >= 11 is 1.58. The Bertz CT molecular complexity index is 285. The van der Waals surface area contributed by atoms with Crippen molar-refractivity contribution in [1.29, 1.82) is 0 Å². The van der Waals surface area contributed by atoms with Gasteiger partial charge in [-0.15, -0.1) is 11.3 Å². The lowest BCUT2D eigenvalue weighted by atomic mass is 10.4. The molecule has 0 spiro atoms. The molecule has 0 aromatic carbocycles. The number of carbonyl (C=O) groups is 1. The molecule has 0 amide bonds. The molecule has 0 aliphatic carbocycles. The first-order valence-corrected chi connectivity index (χ1v) is 4.78. The first-order chi connectivity index (χ1) is 6.24. The first-order valence-electron chi connectivity index (χ1n) is 3.90. The van der Waals surface area contributed by atoms with Crippen molar-refractivity contribution in [2.24, 2.45) is 0 Å². The third-order valence-electron chi connectivity index (χ3n) is 1.63. The number of carbonyl (C=O) groups excluding carboxylic acids is 1. The van der Waals surface area contributed by atoms with E-state index in [9.17, 15) is 4.79 Å². The van der Waals surface area contributed by atoms with Crippen molar-refractivity contribution >= 4 is 17.3 Å². The fourth-order valence-corrected chi connectivity index (χ4v) is 1.59. The van der Waals surface area contributed by atoms with Gasteiger partial charge in [0, 0.05) is 11.4 Å². The van der Waals surface area contributed by atoms with E-state index in [1.165, 1.54) is 7.11 Å². The molecule has 0 unspecified atom stereocenters. The van der Waals surface area contributed by atoms with Gasteiger partial charge in [0.2, 0.25) is 0 Å². The van der Waals surface area contributed by atoms with Gasteiger partial charge >= 0.3 is 5.97 Å². The van der Waals surface area contributed by atoms with E-state index in [1.807, 2.05) is 6.92 Å². The number of thiazole rings is 1. The van der Waals surface area contributed by atoms with Gasteiger partial charge in [-0.1, -0.05) is 0 Å². The highest BCUT2D eigenvalue weighted by atomic mass is 32.1. The van der Waals surface area contributed by atoms with E-state index < -0.39 is 0 Å². The average molecular weight is 200 g/mol. The van der Waals surface area contributed by atoms with Crippen molar-refractivity contribution in [2.45, 2.75) is 13.5 Å². The molecular weight excluding hydrogens is 188 g/mol. The molecule has 0 saturated carbocycles. The molecule has 0 aliphatic heterocycles. The number of ether oxygens (including phenoxy) is 1. The van der Waals surface area contributed by atoms with Crippen molar-refractivity contribution in [3.63, 3.8) is 0 Å². The zero-order valence-electron chi connectivity index (χ0n) is 7.66. The first kappa shape index (κ1) is 10.1. The second kappa shape index (κ2) is 4.94. The predicted octanol–water partition coefficient (Wildman–Crippen LogP) is 0.714. The number of aromatic nitrogens is 1. The number of rotatable bonds is 4. The SMILES string of the molecule is COC(=O)CNCc1scnc1C. The van der Waals surface area contributed by atoms with Crippen LogP contribution in [0, 0.1) is 6.92 Å². The summed E-state index contributed by atoms with van der Waals surface area (Å²) < 4.78 is 4.49. The van der Waals surface area contributed by atoms with Gasteiger partial charge in [-0.25, -0.2) is 4.98 Å². The van der Waals surface area contributed by atoms with Gasteiger partial charge in [-0.3, -0.25) is 4.79 Å². The highest BCUT2D eigenvalue weighted by molar-refractivity contribution is 7.09. The molecule has 1 N–H and O–H groups in total. The number of esters is 1. The van der Waals surface area contributed by atoms with E-state index in [4.69, 9.17) is 0 Å². The van der Waals surface area contributed by atoms with Crippen LogP contribution < -0.4 is 5.32 Å². The van der Waals surface area contributed by atoms with Crippen LogP contribution in [0.1, 0.15) is 10.6 Å². The smallest absolute Gasteiger partial charge is 0.319 e. The molecule has 0 saturated heterocycles. The van der Waals surface area contributed by atoms with Gasteiger partial charge in [-0.2, -0.15) is 0 Å².